The van der Waals surface area contributed by atoms with Gasteiger partial charge in [-0.1, -0.05) is 37.6 Å². The third kappa shape index (κ3) is 11.4. The van der Waals surface area contributed by atoms with Crippen LogP contribution in [0.1, 0.15) is 65.5 Å². The number of carbonyl (C=O) groups excluding carboxylic acids is 2. The van der Waals surface area contributed by atoms with Crippen LogP contribution in [0, 0.1) is 11.8 Å². The van der Waals surface area contributed by atoms with E-state index in [1.807, 2.05) is 49.9 Å². The van der Waals surface area contributed by atoms with Gasteiger partial charge in [0.25, 0.3) is 0 Å². The fraction of sp³-hybridized carbons (Fsp3) is 0.714. The van der Waals surface area contributed by atoms with Gasteiger partial charge in [-0.05, 0) is 63.6 Å². The molecule has 1 aromatic carbocycles. The number of carbonyl (C=O) groups is 2. The van der Waals surface area contributed by atoms with Crippen molar-refractivity contribution in [3.63, 3.8) is 0 Å². The Hall–Kier alpha value is -2.07. The Kier molecular flexibility index (Phi) is 13.1. The number of piperidine rings is 1. The van der Waals surface area contributed by atoms with E-state index in [0.717, 1.165) is 18.4 Å². The Bertz CT molecular complexity index is 879. The van der Waals surface area contributed by atoms with E-state index < -0.39 is 12.2 Å². The zero-order valence-electron chi connectivity index (χ0n) is 23.8. The van der Waals surface area contributed by atoms with Crippen molar-refractivity contribution in [3.05, 3.63) is 34.9 Å². The van der Waals surface area contributed by atoms with Gasteiger partial charge in [-0.3, -0.25) is 0 Å². The Morgan fingerprint density at radius 2 is 2.00 bits per heavy atom. The first-order chi connectivity index (χ1) is 17.9. The molecular weight excluding hydrogens is 508 g/mol. The van der Waals surface area contributed by atoms with Crippen LogP contribution in [0.4, 0.5) is 9.59 Å². The molecule has 0 radical (unpaired) electrons. The number of halogens is 1. The summed E-state index contributed by atoms with van der Waals surface area (Å²) in [4.78, 5) is 26.6. The number of ether oxygens (including phenoxy) is 2. The largest absolute Gasteiger partial charge is 0.453 e. The number of rotatable bonds is 12. The van der Waals surface area contributed by atoms with E-state index in [1.54, 1.807) is 0 Å². The molecule has 4 atom stereocenters. The van der Waals surface area contributed by atoms with Gasteiger partial charge in [-0.25, -0.2) is 9.59 Å². The van der Waals surface area contributed by atoms with Crippen molar-refractivity contribution in [1.82, 2.24) is 20.9 Å². The number of amides is 3. The van der Waals surface area contributed by atoms with Gasteiger partial charge < -0.3 is 35.4 Å². The lowest BCUT2D eigenvalue weighted by molar-refractivity contribution is -0.00903. The molecule has 0 saturated carbocycles. The van der Waals surface area contributed by atoms with E-state index in [0.29, 0.717) is 50.1 Å². The molecule has 9 nitrogen and oxygen atoms in total. The average molecular weight is 555 g/mol. The molecule has 216 valence electrons. The highest BCUT2D eigenvalue weighted by Crippen LogP contribution is 2.34. The van der Waals surface area contributed by atoms with Crippen molar-refractivity contribution >= 4 is 23.7 Å². The van der Waals surface area contributed by atoms with Crippen LogP contribution in [0.5, 0.6) is 0 Å². The zero-order valence-corrected chi connectivity index (χ0v) is 24.5. The second kappa shape index (κ2) is 15.5. The number of alkyl carbamates (subject to hydrolysis) is 1. The Balaban J connectivity index is 2.09. The van der Waals surface area contributed by atoms with E-state index in [-0.39, 0.29) is 29.6 Å². The van der Waals surface area contributed by atoms with Crippen LogP contribution >= 0.6 is 11.6 Å². The Morgan fingerprint density at radius 1 is 1.26 bits per heavy atom. The topological polar surface area (TPSA) is 112 Å². The monoisotopic (exact) mass is 554 g/mol. The quantitative estimate of drug-likeness (QED) is 0.286. The molecule has 1 fully saturated rings. The SMILES string of the molecule is COC(=O)NCCOC(c1cccc(Cl)c1)C1CCCN(C(=O)NC(CC(C)C)C(O)CNC(C)(C)C)C1. The van der Waals surface area contributed by atoms with Gasteiger partial charge in [0.15, 0.2) is 0 Å². The minimum atomic E-state index is -0.703. The predicted molar refractivity (Wildman–Crippen MR) is 150 cm³/mol. The summed E-state index contributed by atoms with van der Waals surface area (Å²) in [7, 11) is 1.32. The fourth-order valence-corrected chi connectivity index (χ4v) is 4.86. The Labute approximate surface area is 233 Å². The maximum absolute atomic E-state index is 13.4. The molecule has 1 saturated heterocycles. The molecule has 1 aliphatic heterocycles. The molecule has 0 bridgehead atoms. The van der Waals surface area contributed by atoms with Gasteiger partial charge in [-0.15, -0.1) is 0 Å². The van der Waals surface area contributed by atoms with Crippen LogP contribution < -0.4 is 16.0 Å². The van der Waals surface area contributed by atoms with E-state index in [2.05, 4.69) is 34.5 Å². The first kappa shape index (κ1) is 32.1. The molecule has 4 unspecified atom stereocenters. The minimum absolute atomic E-state index is 0.0436. The van der Waals surface area contributed by atoms with Gasteiger partial charge >= 0.3 is 12.1 Å². The highest BCUT2D eigenvalue weighted by atomic mass is 35.5. The van der Waals surface area contributed by atoms with Crippen molar-refractivity contribution < 1.29 is 24.2 Å². The predicted octanol–water partition coefficient (Wildman–Crippen LogP) is 4.34. The van der Waals surface area contributed by atoms with Crippen molar-refractivity contribution in [2.45, 2.75) is 77.7 Å². The lowest BCUT2D eigenvalue weighted by Crippen LogP contribution is -2.55. The number of β-amino-alcohol motifs (C(OH)–C–C–N with tert-alkyl or cyclic N) is 1. The lowest BCUT2D eigenvalue weighted by atomic mass is 9.88. The first-order valence-electron chi connectivity index (χ1n) is 13.6. The lowest BCUT2D eigenvalue weighted by Gasteiger charge is -2.38. The normalized spacial score (nSPS) is 18.6. The number of hydrogen-bond donors (Lipinski definition) is 4. The molecular formula is C28H47ClN4O5. The van der Waals surface area contributed by atoms with Crippen molar-refractivity contribution in [3.8, 4) is 0 Å². The molecule has 0 aliphatic carbocycles. The first-order valence-corrected chi connectivity index (χ1v) is 13.9. The maximum atomic E-state index is 13.4. The summed E-state index contributed by atoms with van der Waals surface area (Å²) in [6.45, 7) is 12.5. The number of aliphatic hydroxyl groups excluding tert-OH is 1. The average Bonchev–Trinajstić information content (AvgIpc) is 2.86. The van der Waals surface area contributed by atoms with Crippen LogP contribution in [0.2, 0.25) is 5.02 Å². The molecule has 1 aromatic rings. The number of benzene rings is 1. The summed E-state index contributed by atoms with van der Waals surface area (Å²) in [5.74, 6) is 0.361. The van der Waals surface area contributed by atoms with E-state index in [1.165, 1.54) is 7.11 Å². The van der Waals surface area contributed by atoms with Crippen molar-refractivity contribution in [1.29, 1.82) is 0 Å². The molecule has 1 heterocycles. The highest BCUT2D eigenvalue weighted by molar-refractivity contribution is 6.30. The van der Waals surface area contributed by atoms with E-state index in [4.69, 9.17) is 16.3 Å². The van der Waals surface area contributed by atoms with E-state index in [9.17, 15) is 14.7 Å². The molecule has 0 spiro atoms. The van der Waals surface area contributed by atoms with Crippen molar-refractivity contribution in [2.24, 2.45) is 11.8 Å². The number of methoxy groups -OCH3 is 1. The molecule has 3 amide bonds. The zero-order chi connectivity index (χ0) is 28.3. The molecule has 0 aromatic heterocycles. The molecule has 10 heteroatoms. The third-order valence-electron chi connectivity index (χ3n) is 6.54. The molecule has 1 aliphatic rings. The number of nitrogens with zero attached hydrogens (tertiary/aromatic N) is 1. The van der Waals surface area contributed by atoms with Crippen LogP contribution in [-0.2, 0) is 9.47 Å². The number of nitrogens with one attached hydrogen (secondary N) is 3. The smallest absolute Gasteiger partial charge is 0.406 e. The van der Waals surface area contributed by atoms with Crippen molar-refractivity contribution in [2.75, 3.05) is 39.9 Å². The summed E-state index contributed by atoms with van der Waals surface area (Å²) < 4.78 is 10.9. The van der Waals surface area contributed by atoms with Gasteiger partial charge in [0, 0.05) is 42.7 Å². The summed E-state index contributed by atoms with van der Waals surface area (Å²) in [5.41, 5.74) is 0.805. The fourth-order valence-electron chi connectivity index (χ4n) is 4.66. The van der Waals surface area contributed by atoms with E-state index >= 15 is 0 Å². The third-order valence-corrected chi connectivity index (χ3v) is 6.78. The second-order valence-electron chi connectivity index (χ2n) is 11.5. The van der Waals surface area contributed by atoms with Gasteiger partial charge in [-0.2, -0.15) is 0 Å². The summed E-state index contributed by atoms with van der Waals surface area (Å²) in [6, 6.07) is 7.03. The van der Waals surface area contributed by atoms with Gasteiger partial charge in [0.05, 0.1) is 32.0 Å². The molecule has 38 heavy (non-hydrogen) atoms. The number of hydrogen-bond acceptors (Lipinski definition) is 6. The summed E-state index contributed by atoms with van der Waals surface area (Å²) in [6.07, 6.45) is 0.894. The van der Waals surface area contributed by atoms with Crippen LogP contribution in [0.3, 0.4) is 0 Å². The summed E-state index contributed by atoms with van der Waals surface area (Å²) in [5, 5.41) is 20.6. The standard InChI is InChI=1S/C28H47ClN4O5/c1-19(2)15-23(24(34)17-31-28(3,4)5)32-26(35)33-13-8-10-21(18-33)25(20-9-7-11-22(29)16-20)38-14-12-30-27(36)37-6/h7,9,11,16,19,21,23-25,31,34H,8,10,12-15,17-18H2,1-6H3,(H,30,36)(H,32,35). The Morgan fingerprint density at radius 3 is 2.63 bits per heavy atom. The van der Waals surface area contributed by atoms with Crippen LogP contribution in [0.25, 0.3) is 0 Å². The second-order valence-corrected chi connectivity index (χ2v) is 11.9. The molecule has 4 N–H and O–H groups in total. The summed E-state index contributed by atoms with van der Waals surface area (Å²) >= 11 is 6.28. The minimum Gasteiger partial charge on any atom is -0.453 e. The molecule has 2 rings (SSSR count). The maximum Gasteiger partial charge on any atom is 0.406 e. The van der Waals surface area contributed by atoms with Crippen LogP contribution in [0.15, 0.2) is 24.3 Å². The van der Waals surface area contributed by atoms with Gasteiger partial charge in [0.2, 0.25) is 0 Å². The highest BCUT2D eigenvalue weighted by Gasteiger charge is 2.33. The van der Waals surface area contributed by atoms with Gasteiger partial charge in [0.1, 0.15) is 0 Å². The number of likely N-dealkylation sites (tertiary alicyclic amines) is 1. The number of urea groups is 1. The van der Waals surface area contributed by atoms with Crippen LogP contribution in [-0.4, -0.2) is 79.7 Å². The number of aliphatic hydroxyl groups is 1.